The van der Waals surface area contributed by atoms with Crippen LogP contribution in [0.4, 0.5) is 13.6 Å². The summed E-state index contributed by atoms with van der Waals surface area (Å²) in [4.78, 5) is 24.0. The first-order chi connectivity index (χ1) is 10.7. The van der Waals surface area contributed by atoms with E-state index >= 15 is 0 Å². The predicted octanol–water partition coefficient (Wildman–Crippen LogP) is 5.00. The van der Waals surface area contributed by atoms with Gasteiger partial charge in [-0.05, 0) is 63.5 Å². The van der Waals surface area contributed by atoms with Gasteiger partial charge >= 0.3 is 12.1 Å². The van der Waals surface area contributed by atoms with E-state index in [1.807, 2.05) is 0 Å². The zero-order valence-electron chi connectivity index (χ0n) is 14.3. The van der Waals surface area contributed by atoms with Gasteiger partial charge in [-0.25, -0.2) is 18.4 Å². The van der Waals surface area contributed by atoms with E-state index < -0.39 is 46.3 Å². The van der Waals surface area contributed by atoms with Crippen LogP contribution in [-0.4, -0.2) is 23.3 Å². The molecule has 0 bridgehead atoms. The molecule has 0 fully saturated rings. The minimum absolute atomic E-state index is 0.131. The van der Waals surface area contributed by atoms with E-state index in [1.54, 1.807) is 41.5 Å². The Morgan fingerprint density at radius 3 is 1.96 bits per heavy atom. The van der Waals surface area contributed by atoms with Crippen LogP contribution >= 0.6 is 15.9 Å². The molecule has 8 heteroatoms. The molecule has 134 valence electrons. The maximum absolute atomic E-state index is 14.1. The third kappa shape index (κ3) is 5.74. The number of carbonyl (C=O) groups excluding carboxylic acids is 2. The lowest BCUT2D eigenvalue weighted by Gasteiger charge is -2.22. The van der Waals surface area contributed by atoms with Crippen molar-refractivity contribution < 1.29 is 32.6 Å². The molecule has 0 aliphatic carbocycles. The number of hydrogen-bond acceptors (Lipinski definition) is 5. The third-order valence-corrected chi connectivity index (χ3v) is 2.89. The summed E-state index contributed by atoms with van der Waals surface area (Å²) < 4.78 is 42.5. The Morgan fingerprint density at radius 2 is 1.50 bits per heavy atom. The summed E-state index contributed by atoms with van der Waals surface area (Å²) in [7, 11) is 0. The summed E-state index contributed by atoms with van der Waals surface area (Å²) in [5.41, 5.74) is -2.65. The van der Waals surface area contributed by atoms with Crippen LogP contribution in [0, 0.1) is 11.6 Å². The van der Waals surface area contributed by atoms with Crippen molar-refractivity contribution in [3.8, 4) is 5.75 Å². The molecule has 5 nitrogen and oxygen atoms in total. The normalized spacial score (nSPS) is 11.9. The van der Waals surface area contributed by atoms with Crippen molar-refractivity contribution in [3.05, 3.63) is 27.7 Å². The van der Waals surface area contributed by atoms with Gasteiger partial charge in [-0.15, -0.1) is 0 Å². The highest BCUT2D eigenvalue weighted by molar-refractivity contribution is 9.10. The summed E-state index contributed by atoms with van der Waals surface area (Å²) in [5, 5.41) is 0. The van der Waals surface area contributed by atoms with Crippen molar-refractivity contribution in [3.63, 3.8) is 0 Å². The minimum Gasteiger partial charge on any atom is -0.456 e. The molecule has 0 saturated heterocycles. The molecular weight excluding hydrogens is 390 g/mol. The molecule has 0 atom stereocenters. The smallest absolute Gasteiger partial charge is 0.456 e. The van der Waals surface area contributed by atoms with Gasteiger partial charge in [0.2, 0.25) is 0 Å². The summed E-state index contributed by atoms with van der Waals surface area (Å²) in [6.45, 7) is 9.48. The quantitative estimate of drug-likeness (QED) is 0.391. The van der Waals surface area contributed by atoms with Crippen LogP contribution in [0.15, 0.2) is 10.5 Å². The number of halogens is 3. The van der Waals surface area contributed by atoms with Crippen LogP contribution in [0.25, 0.3) is 0 Å². The first kappa shape index (κ1) is 20.3. The van der Waals surface area contributed by atoms with Crippen LogP contribution in [0.1, 0.15) is 51.9 Å². The third-order valence-electron chi connectivity index (χ3n) is 2.30. The van der Waals surface area contributed by atoms with E-state index in [2.05, 4.69) is 15.9 Å². The first-order valence-corrected chi connectivity index (χ1v) is 7.82. The fraction of sp³-hybridized carbons (Fsp3) is 0.500. The second kappa shape index (κ2) is 7.04. The van der Waals surface area contributed by atoms with Crippen molar-refractivity contribution in [2.24, 2.45) is 0 Å². The highest BCUT2D eigenvalue weighted by Gasteiger charge is 2.31. The van der Waals surface area contributed by atoms with E-state index in [-0.39, 0.29) is 4.47 Å². The van der Waals surface area contributed by atoms with Gasteiger partial charge in [0.25, 0.3) is 0 Å². The number of rotatable bonds is 2. The van der Waals surface area contributed by atoms with E-state index in [0.29, 0.717) is 0 Å². The van der Waals surface area contributed by atoms with Crippen molar-refractivity contribution in [2.45, 2.75) is 52.7 Å². The zero-order valence-corrected chi connectivity index (χ0v) is 15.8. The van der Waals surface area contributed by atoms with Crippen LogP contribution < -0.4 is 4.74 Å². The number of hydrogen-bond donors (Lipinski definition) is 0. The fourth-order valence-corrected chi connectivity index (χ4v) is 2.02. The second-order valence-corrected chi connectivity index (χ2v) is 7.78. The van der Waals surface area contributed by atoms with Gasteiger partial charge in [-0.1, -0.05) is 0 Å². The van der Waals surface area contributed by atoms with Crippen LogP contribution in [0.5, 0.6) is 5.75 Å². The maximum atomic E-state index is 14.1. The Bertz CT molecular complexity index is 660. The summed E-state index contributed by atoms with van der Waals surface area (Å²) >= 11 is 2.94. The first-order valence-electron chi connectivity index (χ1n) is 7.03. The van der Waals surface area contributed by atoms with E-state index in [1.165, 1.54) is 0 Å². The number of benzene rings is 1. The summed E-state index contributed by atoms with van der Waals surface area (Å²) in [6, 6.07) is 0.739. The minimum atomic E-state index is -1.48. The molecule has 0 N–H and O–H groups in total. The fourth-order valence-electron chi connectivity index (χ4n) is 1.54. The zero-order chi connectivity index (χ0) is 18.9. The molecule has 0 unspecified atom stereocenters. The maximum Gasteiger partial charge on any atom is 0.514 e. The molecule has 0 amide bonds. The topological polar surface area (TPSA) is 61.8 Å². The Hall–Kier alpha value is -1.70. The lowest BCUT2D eigenvalue weighted by molar-refractivity contribution is 0.00541. The number of ether oxygens (including phenoxy) is 3. The van der Waals surface area contributed by atoms with Crippen molar-refractivity contribution in [2.75, 3.05) is 0 Å². The molecule has 0 saturated carbocycles. The van der Waals surface area contributed by atoms with Crippen molar-refractivity contribution in [1.29, 1.82) is 0 Å². The van der Waals surface area contributed by atoms with Gasteiger partial charge < -0.3 is 14.2 Å². The average molecular weight is 409 g/mol. The molecule has 0 radical (unpaired) electrons. The molecular formula is C16H19BrF2O5. The van der Waals surface area contributed by atoms with Crippen molar-refractivity contribution >= 4 is 28.1 Å². The average Bonchev–Trinajstić information content (AvgIpc) is 2.31. The predicted molar refractivity (Wildman–Crippen MR) is 86.1 cm³/mol. The molecule has 24 heavy (non-hydrogen) atoms. The molecule has 0 heterocycles. The largest absolute Gasteiger partial charge is 0.514 e. The van der Waals surface area contributed by atoms with Crippen LogP contribution in [0.2, 0.25) is 0 Å². The van der Waals surface area contributed by atoms with Crippen LogP contribution in [0.3, 0.4) is 0 Å². The molecule has 1 aromatic rings. The molecule has 1 aromatic carbocycles. The van der Waals surface area contributed by atoms with E-state index in [0.717, 1.165) is 6.07 Å². The SMILES string of the molecule is CC(C)(C)OC(=O)Oc1c(Br)cc(F)c(F)c1C(=O)OC(C)(C)C. The standard InChI is InChI=1S/C16H19BrF2O5/c1-15(2,3)23-13(20)10-11(19)9(18)7-8(17)12(10)22-14(21)24-16(4,5)6/h7H,1-6H3. The monoisotopic (exact) mass is 408 g/mol. The number of carbonyl (C=O) groups is 2. The number of esters is 1. The Morgan fingerprint density at radius 1 is 1.00 bits per heavy atom. The summed E-state index contributed by atoms with van der Waals surface area (Å²) in [6.07, 6.45) is -1.17. The Labute approximate surface area is 147 Å². The van der Waals surface area contributed by atoms with E-state index in [9.17, 15) is 18.4 Å². The Balaban J connectivity index is 3.31. The molecule has 0 aromatic heterocycles. The second-order valence-electron chi connectivity index (χ2n) is 6.93. The van der Waals surface area contributed by atoms with Gasteiger partial charge in [-0.2, -0.15) is 0 Å². The van der Waals surface area contributed by atoms with E-state index in [4.69, 9.17) is 14.2 Å². The van der Waals surface area contributed by atoms with Gasteiger partial charge in [0, 0.05) is 0 Å². The lowest BCUT2D eigenvalue weighted by Crippen LogP contribution is -2.28. The molecule has 0 spiro atoms. The highest BCUT2D eigenvalue weighted by atomic mass is 79.9. The van der Waals surface area contributed by atoms with Gasteiger partial charge in [0.1, 0.15) is 16.8 Å². The summed E-state index contributed by atoms with van der Waals surface area (Å²) in [5.74, 6) is -4.46. The highest BCUT2D eigenvalue weighted by Crippen LogP contribution is 2.35. The molecule has 0 aliphatic rings. The molecule has 0 aliphatic heterocycles. The van der Waals surface area contributed by atoms with Crippen LogP contribution in [-0.2, 0) is 9.47 Å². The van der Waals surface area contributed by atoms with Gasteiger partial charge in [0.15, 0.2) is 17.4 Å². The lowest BCUT2D eigenvalue weighted by atomic mass is 10.1. The Kier molecular flexibility index (Phi) is 5.97. The van der Waals surface area contributed by atoms with Crippen molar-refractivity contribution in [1.82, 2.24) is 0 Å². The van der Waals surface area contributed by atoms with Gasteiger partial charge in [0.05, 0.1) is 4.47 Å². The van der Waals surface area contributed by atoms with Gasteiger partial charge in [-0.3, -0.25) is 0 Å². The molecule has 1 rings (SSSR count).